The normalized spacial score (nSPS) is 18.2. The number of hydrogen-bond acceptors (Lipinski definition) is 4. The van der Waals surface area contributed by atoms with E-state index < -0.39 is 0 Å². The van der Waals surface area contributed by atoms with Crippen molar-refractivity contribution in [3.8, 4) is 0 Å². The van der Waals surface area contributed by atoms with Crippen LogP contribution in [0, 0.1) is 6.92 Å². The number of aromatic nitrogens is 2. The second-order valence-electron chi connectivity index (χ2n) is 3.92. The van der Waals surface area contributed by atoms with Crippen molar-refractivity contribution < 1.29 is 4.79 Å². The molecule has 1 aliphatic rings. The van der Waals surface area contributed by atoms with Crippen molar-refractivity contribution >= 4 is 11.7 Å². The van der Waals surface area contributed by atoms with Gasteiger partial charge in [-0.2, -0.15) is 0 Å². The Morgan fingerprint density at radius 1 is 1.60 bits per heavy atom. The summed E-state index contributed by atoms with van der Waals surface area (Å²) in [6.07, 6.45) is 2.46. The lowest BCUT2D eigenvalue weighted by molar-refractivity contribution is -0.129. The molecule has 0 saturated carbocycles. The number of amides is 1. The van der Waals surface area contributed by atoms with Crippen LogP contribution in [0.2, 0.25) is 0 Å². The molecule has 15 heavy (non-hydrogen) atoms. The Morgan fingerprint density at radius 2 is 2.33 bits per heavy atom. The SMILES string of the molecule is Cc1ncc2c(n1)N[C@H](C(=O)N(C)C)C2. The summed E-state index contributed by atoms with van der Waals surface area (Å²) in [6.45, 7) is 1.84. The molecule has 0 bridgehead atoms. The van der Waals surface area contributed by atoms with E-state index in [2.05, 4.69) is 15.3 Å². The molecule has 5 nitrogen and oxygen atoms in total. The summed E-state index contributed by atoms with van der Waals surface area (Å²) in [5.41, 5.74) is 1.01. The fourth-order valence-corrected chi connectivity index (χ4v) is 1.67. The highest BCUT2D eigenvalue weighted by Crippen LogP contribution is 2.23. The molecule has 0 unspecified atom stereocenters. The summed E-state index contributed by atoms with van der Waals surface area (Å²) >= 11 is 0. The Morgan fingerprint density at radius 3 is 3.00 bits per heavy atom. The van der Waals surface area contributed by atoms with Gasteiger partial charge >= 0.3 is 0 Å². The first kappa shape index (κ1) is 9.89. The Hall–Kier alpha value is -1.65. The standard InChI is InChI=1S/C10H14N4O/c1-6-11-5-7-4-8(10(15)14(2)3)13-9(7)12-6/h5,8H,4H2,1-3H3,(H,11,12,13)/t8-/m0/s1. The third-order valence-corrected chi connectivity index (χ3v) is 2.46. The third-order valence-electron chi connectivity index (χ3n) is 2.46. The number of carbonyl (C=O) groups is 1. The minimum Gasteiger partial charge on any atom is -0.358 e. The monoisotopic (exact) mass is 206 g/mol. The molecule has 1 atom stereocenters. The van der Waals surface area contributed by atoms with Crippen LogP contribution in [0.5, 0.6) is 0 Å². The average Bonchev–Trinajstić information content (AvgIpc) is 2.58. The Kier molecular flexibility index (Phi) is 2.30. The fourth-order valence-electron chi connectivity index (χ4n) is 1.67. The number of nitrogens with one attached hydrogen (secondary N) is 1. The van der Waals surface area contributed by atoms with Gasteiger partial charge in [-0.05, 0) is 6.92 Å². The molecule has 0 fully saturated rings. The lowest BCUT2D eigenvalue weighted by atomic mass is 10.1. The number of nitrogens with zero attached hydrogens (tertiary/aromatic N) is 3. The van der Waals surface area contributed by atoms with Crippen LogP contribution in [0.4, 0.5) is 5.82 Å². The molecule has 0 spiro atoms. The van der Waals surface area contributed by atoms with Crippen molar-refractivity contribution in [1.29, 1.82) is 0 Å². The lowest BCUT2D eigenvalue weighted by Crippen LogP contribution is -2.37. The molecule has 0 aliphatic carbocycles. The summed E-state index contributed by atoms with van der Waals surface area (Å²) in [7, 11) is 3.51. The number of rotatable bonds is 1. The van der Waals surface area contributed by atoms with E-state index in [0.717, 1.165) is 17.2 Å². The Bertz CT molecular complexity index is 402. The van der Waals surface area contributed by atoms with Crippen LogP contribution in [0.15, 0.2) is 6.20 Å². The van der Waals surface area contributed by atoms with E-state index in [-0.39, 0.29) is 11.9 Å². The van der Waals surface area contributed by atoms with E-state index in [4.69, 9.17) is 0 Å². The number of hydrogen-bond donors (Lipinski definition) is 1. The van der Waals surface area contributed by atoms with Crippen molar-refractivity contribution in [2.45, 2.75) is 19.4 Å². The molecule has 1 aromatic rings. The van der Waals surface area contributed by atoms with Crippen molar-refractivity contribution in [2.24, 2.45) is 0 Å². The van der Waals surface area contributed by atoms with Crippen LogP contribution in [-0.2, 0) is 11.2 Å². The summed E-state index contributed by atoms with van der Waals surface area (Å²) in [4.78, 5) is 21.7. The van der Waals surface area contributed by atoms with Gasteiger partial charge in [0.05, 0.1) is 0 Å². The third kappa shape index (κ3) is 1.77. The largest absolute Gasteiger partial charge is 0.358 e. The lowest BCUT2D eigenvalue weighted by Gasteiger charge is -2.15. The van der Waals surface area contributed by atoms with Gasteiger partial charge < -0.3 is 10.2 Å². The molecule has 1 amide bonds. The maximum absolute atomic E-state index is 11.7. The van der Waals surface area contributed by atoms with Crippen LogP contribution in [0.3, 0.4) is 0 Å². The quantitative estimate of drug-likeness (QED) is 0.713. The first-order valence-corrected chi connectivity index (χ1v) is 4.88. The van der Waals surface area contributed by atoms with Gasteiger partial charge in [-0.1, -0.05) is 0 Å². The van der Waals surface area contributed by atoms with Crippen molar-refractivity contribution in [1.82, 2.24) is 14.9 Å². The van der Waals surface area contributed by atoms with Gasteiger partial charge in [0.25, 0.3) is 0 Å². The molecule has 2 heterocycles. The van der Waals surface area contributed by atoms with Gasteiger partial charge in [0, 0.05) is 32.3 Å². The highest BCUT2D eigenvalue weighted by Gasteiger charge is 2.28. The fraction of sp³-hybridized carbons (Fsp3) is 0.500. The van der Waals surface area contributed by atoms with Gasteiger partial charge in [-0.15, -0.1) is 0 Å². The second kappa shape index (κ2) is 3.49. The maximum atomic E-state index is 11.7. The van der Waals surface area contributed by atoms with E-state index in [1.165, 1.54) is 0 Å². The average molecular weight is 206 g/mol. The number of aryl methyl sites for hydroxylation is 1. The molecule has 0 radical (unpaired) electrons. The van der Waals surface area contributed by atoms with Crippen LogP contribution in [-0.4, -0.2) is 40.9 Å². The highest BCUT2D eigenvalue weighted by atomic mass is 16.2. The van der Waals surface area contributed by atoms with E-state index in [1.807, 2.05) is 6.92 Å². The van der Waals surface area contributed by atoms with Crippen LogP contribution in [0.25, 0.3) is 0 Å². The van der Waals surface area contributed by atoms with Crippen molar-refractivity contribution in [3.63, 3.8) is 0 Å². The van der Waals surface area contributed by atoms with Gasteiger partial charge in [0.1, 0.15) is 17.7 Å². The van der Waals surface area contributed by atoms with E-state index in [1.54, 1.807) is 25.2 Å². The maximum Gasteiger partial charge on any atom is 0.244 e. The topological polar surface area (TPSA) is 58.1 Å². The minimum atomic E-state index is -0.189. The predicted molar refractivity (Wildman–Crippen MR) is 56.6 cm³/mol. The van der Waals surface area contributed by atoms with Crippen molar-refractivity contribution in [3.05, 3.63) is 17.6 Å². The van der Waals surface area contributed by atoms with Crippen LogP contribution >= 0.6 is 0 Å². The van der Waals surface area contributed by atoms with Crippen LogP contribution < -0.4 is 5.32 Å². The first-order valence-electron chi connectivity index (χ1n) is 4.88. The minimum absolute atomic E-state index is 0.0747. The molecule has 1 aliphatic heterocycles. The smallest absolute Gasteiger partial charge is 0.244 e. The highest BCUT2D eigenvalue weighted by molar-refractivity contribution is 5.86. The van der Waals surface area contributed by atoms with Gasteiger partial charge in [-0.3, -0.25) is 4.79 Å². The summed E-state index contributed by atoms with van der Waals surface area (Å²) in [5, 5.41) is 3.11. The Labute approximate surface area is 88.5 Å². The second-order valence-corrected chi connectivity index (χ2v) is 3.92. The van der Waals surface area contributed by atoms with Crippen LogP contribution in [0.1, 0.15) is 11.4 Å². The molecule has 1 N–H and O–H groups in total. The zero-order chi connectivity index (χ0) is 11.0. The molecule has 5 heteroatoms. The summed E-state index contributed by atoms with van der Waals surface area (Å²) in [5.74, 6) is 1.59. The number of fused-ring (bicyclic) bond motifs is 1. The zero-order valence-corrected chi connectivity index (χ0v) is 9.11. The van der Waals surface area contributed by atoms with E-state index in [0.29, 0.717) is 6.42 Å². The zero-order valence-electron chi connectivity index (χ0n) is 9.11. The van der Waals surface area contributed by atoms with Gasteiger partial charge in [-0.25, -0.2) is 9.97 Å². The number of carbonyl (C=O) groups excluding carboxylic acids is 1. The summed E-state index contributed by atoms with van der Waals surface area (Å²) in [6, 6.07) is -0.189. The molecule has 0 saturated heterocycles. The molecule has 1 aromatic heterocycles. The molecule has 80 valence electrons. The summed E-state index contributed by atoms with van der Waals surface area (Å²) < 4.78 is 0. The molecular formula is C10H14N4O. The molecule has 2 rings (SSSR count). The molecule has 0 aromatic carbocycles. The van der Waals surface area contributed by atoms with E-state index in [9.17, 15) is 4.79 Å². The number of likely N-dealkylation sites (N-methyl/N-ethyl adjacent to an activating group) is 1. The van der Waals surface area contributed by atoms with E-state index >= 15 is 0 Å². The Balaban J connectivity index is 2.19. The predicted octanol–water partition coefficient (Wildman–Crippen LogP) is 0.210. The van der Waals surface area contributed by atoms with Gasteiger partial charge in [0.2, 0.25) is 5.91 Å². The van der Waals surface area contributed by atoms with Crippen molar-refractivity contribution in [2.75, 3.05) is 19.4 Å². The van der Waals surface area contributed by atoms with Gasteiger partial charge in [0.15, 0.2) is 0 Å². The molecular weight excluding hydrogens is 192 g/mol. The number of anilines is 1. The first-order chi connectivity index (χ1) is 7.08.